The Bertz CT molecular complexity index is 664. The van der Waals surface area contributed by atoms with Gasteiger partial charge in [0.2, 0.25) is 5.82 Å². The van der Waals surface area contributed by atoms with Gasteiger partial charge in [-0.05, 0) is 37.3 Å². The largest absolute Gasteiger partial charge is 0.396 e. The molecule has 0 aliphatic heterocycles. The van der Waals surface area contributed by atoms with Gasteiger partial charge in [-0.15, -0.1) is 5.10 Å². The van der Waals surface area contributed by atoms with Crippen LogP contribution in [-0.2, 0) is 0 Å². The SMILES string of the molecule is CC(CCO)CNC(=O)c1nc(C2CC2)n(-c2ccccc2)n1. The number of aromatic nitrogens is 3. The summed E-state index contributed by atoms with van der Waals surface area (Å²) in [5, 5.41) is 16.2. The van der Waals surface area contributed by atoms with E-state index in [2.05, 4.69) is 15.4 Å². The van der Waals surface area contributed by atoms with Crippen LogP contribution in [0.25, 0.3) is 5.69 Å². The number of carbonyl (C=O) groups is 1. The fourth-order valence-corrected chi connectivity index (χ4v) is 2.45. The Morgan fingerprint density at radius 2 is 2.13 bits per heavy atom. The molecule has 2 aromatic rings. The fraction of sp³-hybridized carbons (Fsp3) is 0.471. The minimum Gasteiger partial charge on any atom is -0.396 e. The van der Waals surface area contributed by atoms with E-state index in [9.17, 15) is 4.79 Å². The van der Waals surface area contributed by atoms with Crippen molar-refractivity contribution in [1.82, 2.24) is 20.1 Å². The Balaban J connectivity index is 1.77. The number of nitrogens with zero attached hydrogens (tertiary/aromatic N) is 3. The van der Waals surface area contributed by atoms with Crippen molar-refractivity contribution in [1.29, 1.82) is 0 Å². The lowest BCUT2D eigenvalue weighted by Crippen LogP contribution is -2.29. The number of rotatable bonds is 7. The van der Waals surface area contributed by atoms with Gasteiger partial charge < -0.3 is 10.4 Å². The van der Waals surface area contributed by atoms with Crippen LogP contribution in [0.2, 0.25) is 0 Å². The second-order valence-electron chi connectivity index (χ2n) is 6.14. The molecule has 0 radical (unpaired) electrons. The summed E-state index contributed by atoms with van der Waals surface area (Å²) >= 11 is 0. The minimum atomic E-state index is -0.258. The quantitative estimate of drug-likeness (QED) is 0.818. The van der Waals surface area contributed by atoms with Gasteiger partial charge >= 0.3 is 0 Å². The Labute approximate surface area is 135 Å². The van der Waals surface area contributed by atoms with E-state index in [0.29, 0.717) is 18.9 Å². The number of amides is 1. The first-order valence-corrected chi connectivity index (χ1v) is 8.10. The van der Waals surface area contributed by atoms with Crippen LogP contribution in [0, 0.1) is 5.92 Å². The van der Waals surface area contributed by atoms with Gasteiger partial charge in [0.15, 0.2) is 0 Å². The highest BCUT2D eigenvalue weighted by Crippen LogP contribution is 2.39. The molecular formula is C17H22N4O2. The molecule has 23 heavy (non-hydrogen) atoms. The molecule has 1 atom stereocenters. The highest BCUT2D eigenvalue weighted by atomic mass is 16.3. The molecule has 0 spiro atoms. The molecule has 6 nitrogen and oxygen atoms in total. The summed E-state index contributed by atoms with van der Waals surface area (Å²) in [7, 11) is 0. The van der Waals surface area contributed by atoms with Gasteiger partial charge in [0.05, 0.1) is 5.69 Å². The van der Waals surface area contributed by atoms with E-state index in [-0.39, 0.29) is 24.3 Å². The summed E-state index contributed by atoms with van der Waals surface area (Å²) < 4.78 is 1.78. The Hall–Kier alpha value is -2.21. The number of carbonyl (C=O) groups excluding carboxylic acids is 1. The first-order valence-electron chi connectivity index (χ1n) is 8.10. The Morgan fingerprint density at radius 1 is 1.39 bits per heavy atom. The maximum atomic E-state index is 12.3. The summed E-state index contributed by atoms with van der Waals surface area (Å²) in [6.07, 6.45) is 2.86. The van der Waals surface area contributed by atoms with Crippen LogP contribution in [0.4, 0.5) is 0 Å². The predicted octanol–water partition coefficient (Wildman–Crippen LogP) is 1.89. The average molecular weight is 314 g/mol. The van der Waals surface area contributed by atoms with Crippen LogP contribution >= 0.6 is 0 Å². The summed E-state index contributed by atoms with van der Waals surface area (Å²) in [6.45, 7) is 2.63. The second kappa shape index (κ2) is 6.91. The first kappa shape index (κ1) is 15.7. The lowest BCUT2D eigenvalue weighted by Gasteiger charge is -2.09. The number of benzene rings is 1. The summed E-state index contributed by atoms with van der Waals surface area (Å²) in [4.78, 5) is 16.7. The van der Waals surface area contributed by atoms with Crippen LogP contribution in [0.3, 0.4) is 0 Å². The number of hydrogen-bond acceptors (Lipinski definition) is 4. The molecule has 1 saturated carbocycles. The van der Waals surface area contributed by atoms with E-state index in [1.807, 2.05) is 37.3 Å². The van der Waals surface area contributed by atoms with Crippen molar-refractivity contribution >= 4 is 5.91 Å². The van der Waals surface area contributed by atoms with E-state index in [0.717, 1.165) is 24.4 Å². The highest BCUT2D eigenvalue weighted by Gasteiger charge is 2.31. The van der Waals surface area contributed by atoms with Crippen molar-refractivity contribution in [2.24, 2.45) is 5.92 Å². The number of aliphatic hydroxyl groups excluding tert-OH is 1. The lowest BCUT2D eigenvalue weighted by atomic mass is 10.1. The maximum absolute atomic E-state index is 12.3. The maximum Gasteiger partial charge on any atom is 0.290 e. The number of nitrogens with one attached hydrogen (secondary N) is 1. The smallest absolute Gasteiger partial charge is 0.290 e. The molecule has 1 unspecified atom stereocenters. The van der Waals surface area contributed by atoms with Crippen LogP contribution in [0.1, 0.15) is 48.5 Å². The normalized spacial score (nSPS) is 15.4. The highest BCUT2D eigenvalue weighted by molar-refractivity contribution is 5.90. The molecule has 1 heterocycles. The minimum absolute atomic E-state index is 0.129. The van der Waals surface area contributed by atoms with Gasteiger partial charge in [-0.3, -0.25) is 4.79 Å². The third-order valence-corrected chi connectivity index (χ3v) is 4.01. The first-order chi connectivity index (χ1) is 11.2. The standard InChI is InChI=1S/C17H22N4O2/c1-12(9-10-22)11-18-17(23)15-19-16(13-7-8-13)21(20-15)14-5-3-2-4-6-14/h2-6,12-13,22H,7-11H2,1H3,(H,18,23). The van der Waals surface area contributed by atoms with E-state index < -0.39 is 0 Å². The van der Waals surface area contributed by atoms with Gasteiger partial charge in [-0.25, -0.2) is 9.67 Å². The fourth-order valence-electron chi connectivity index (χ4n) is 2.45. The lowest BCUT2D eigenvalue weighted by molar-refractivity contribution is 0.0935. The van der Waals surface area contributed by atoms with Crippen molar-refractivity contribution in [3.8, 4) is 5.69 Å². The topological polar surface area (TPSA) is 80.0 Å². The summed E-state index contributed by atoms with van der Waals surface area (Å²) in [5.41, 5.74) is 0.926. The zero-order valence-electron chi connectivity index (χ0n) is 13.3. The third-order valence-electron chi connectivity index (χ3n) is 4.01. The molecule has 0 bridgehead atoms. The molecule has 0 saturated heterocycles. The third kappa shape index (κ3) is 3.76. The van der Waals surface area contributed by atoms with Crippen LogP contribution < -0.4 is 5.32 Å². The van der Waals surface area contributed by atoms with Crippen molar-refractivity contribution in [2.75, 3.05) is 13.2 Å². The van der Waals surface area contributed by atoms with Crippen molar-refractivity contribution in [3.63, 3.8) is 0 Å². The van der Waals surface area contributed by atoms with Gasteiger partial charge in [-0.2, -0.15) is 0 Å². The number of aliphatic hydroxyl groups is 1. The van der Waals surface area contributed by atoms with Crippen LogP contribution in [-0.4, -0.2) is 38.9 Å². The summed E-state index contributed by atoms with van der Waals surface area (Å²) in [5.74, 6) is 1.45. The monoisotopic (exact) mass is 314 g/mol. The van der Waals surface area contributed by atoms with Gasteiger partial charge in [0, 0.05) is 19.1 Å². The summed E-state index contributed by atoms with van der Waals surface area (Å²) in [6, 6.07) is 9.78. The van der Waals surface area contributed by atoms with Gasteiger partial charge in [-0.1, -0.05) is 25.1 Å². The Morgan fingerprint density at radius 3 is 2.78 bits per heavy atom. The molecule has 122 valence electrons. The zero-order chi connectivity index (χ0) is 16.2. The number of para-hydroxylation sites is 1. The molecule has 1 aromatic carbocycles. The van der Waals surface area contributed by atoms with Gasteiger partial charge in [0.1, 0.15) is 5.82 Å². The van der Waals surface area contributed by atoms with Crippen molar-refractivity contribution in [2.45, 2.75) is 32.1 Å². The predicted molar refractivity (Wildman–Crippen MR) is 86.5 cm³/mol. The van der Waals surface area contributed by atoms with Crippen LogP contribution in [0.15, 0.2) is 30.3 Å². The molecule has 6 heteroatoms. The molecule has 1 amide bonds. The van der Waals surface area contributed by atoms with E-state index >= 15 is 0 Å². The van der Waals surface area contributed by atoms with E-state index in [1.165, 1.54) is 0 Å². The average Bonchev–Trinajstić information content (AvgIpc) is 3.32. The van der Waals surface area contributed by atoms with Gasteiger partial charge in [0.25, 0.3) is 5.91 Å². The number of hydrogen-bond donors (Lipinski definition) is 2. The molecular weight excluding hydrogens is 292 g/mol. The molecule has 1 fully saturated rings. The van der Waals surface area contributed by atoms with E-state index in [1.54, 1.807) is 4.68 Å². The van der Waals surface area contributed by atoms with Crippen LogP contribution in [0.5, 0.6) is 0 Å². The molecule has 3 rings (SSSR count). The molecule has 1 aromatic heterocycles. The zero-order valence-corrected chi connectivity index (χ0v) is 13.3. The molecule has 1 aliphatic carbocycles. The van der Waals surface area contributed by atoms with Crippen molar-refractivity contribution < 1.29 is 9.90 Å². The molecule has 2 N–H and O–H groups in total. The Kier molecular flexibility index (Phi) is 4.71. The van der Waals surface area contributed by atoms with E-state index in [4.69, 9.17) is 5.11 Å². The second-order valence-corrected chi connectivity index (χ2v) is 6.14. The molecule has 1 aliphatic rings. The van der Waals surface area contributed by atoms with Crippen molar-refractivity contribution in [3.05, 3.63) is 42.0 Å².